The largest absolute Gasteiger partial charge is 0.481 e. The predicted octanol–water partition coefficient (Wildman–Crippen LogP) is 3.11. The van der Waals surface area contributed by atoms with E-state index in [4.69, 9.17) is 4.74 Å². The number of methoxy groups -OCH3 is 1. The molecule has 2 heterocycles. The van der Waals surface area contributed by atoms with Crippen LogP contribution in [0.1, 0.15) is 16.2 Å². The summed E-state index contributed by atoms with van der Waals surface area (Å²) in [5, 5.41) is 2.82. The summed E-state index contributed by atoms with van der Waals surface area (Å²) in [5.41, 5.74) is 2.92. The molecular weight excluding hydrogens is 304 g/mol. The maximum atomic E-state index is 12.5. The summed E-state index contributed by atoms with van der Waals surface area (Å²) in [6.45, 7) is 1.75. The number of aromatic nitrogens is 3. The molecule has 0 aliphatic heterocycles. The molecule has 0 spiro atoms. The van der Waals surface area contributed by atoms with Gasteiger partial charge in [0.1, 0.15) is 5.69 Å². The quantitative estimate of drug-likeness (QED) is 0.799. The third-order valence-electron chi connectivity index (χ3n) is 3.44. The van der Waals surface area contributed by atoms with Gasteiger partial charge in [-0.15, -0.1) is 0 Å². The van der Waals surface area contributed by atoms with Gasteiger partial charge in [0, 0.05) is 23.5 Å². The van der Waals surface area contributed by atoms with Gasteiger partial charge < -0.3 is 10.1 Å². The van der Waals surface area contributed by atoms with Crippen molar-refractivity contribution in [3.05, 3.63) is 66.2 Å². The fourth-order valence-corrected chi connectivity index (χ4v) is 2.20. The van der Waals surface area contributed by atoms with Gasteiger partial charge in [-0.3, -0.25) is 9.78 Å². The maximum Gasteiger partial charge on any atom is 0.276 e. The average Bonchev–Trinajstić information content (AvgIpc) is 2.63. The second-order valence-corrected chi connectivity index (χ2v) is 5.10. The molecular formula is C18H16N4O2. The third-order valence-corrected chi connectivity index (χ3v) is 3.44. The predicted molar refractivity (Wildman–Crippen MR) is 90.9 cm³/mol. The van der Waals surface area contributed by atoms with Crippen molar-refractivity contribution in [2.45, 2.75) is 6.92 Å². The Morgan fingerprint density at radius 3 is 2.67 bits per heavy atom. The van der Waals surface area contributed by atoms with E-state index in [-0.39, 0.29) is 11.6 Å². The maximum absolute atomic E-state index is 12.5. The van der Waals surface area contributed by atoms with Crippen molar-refractivity contribution in [2.24, 2.45) is 0 Å². The molecule has 0 unspecified atom stereocenters. The molecule has 3 aromatic rings. The molecule has 0 atom stereocenters. The smallest absolute Gasteiger partial charge is 0.276 e. The van der Waals surface area contributed by atoms with Crippen LogP contribution in [0.5, 0.6) is 5.88 Å². The molecule has 2 aromatic heterocycles. The Kier molecular flexibility index (Phi) is 4.47. The number of para-hydroxylation sites is 1. The van der Waals surface area contributed by atoms with E-state index in [2.05, 4.69) is 20.3 Å². The van der Waals surface area contributed by atoms with Crippen LogP contribution in [0.15, 0.2) is 54.9 Å². The topological polar surface area (TPSA) is 77.0 Å². The Morgan fingerprint density at radius 1 is 1.12 bits per heavy atom. The van der Waals surface area contributed by atoms with Gasteiger partial charge in [-0.2, -0.15) is 0 Å². The zero-order chi connectivity index (χ0) is 16.9. The van der Waals surface area contributed by atoms with Crippen molar-refractivity contribution in [3.63, 3.8) is 0 Å². The number of carbonyl (C=O) groups excluding carboxylic acids is 1. The van der Waals surface area contributed by atoms with E-state index in [1.54, 1.807) is 38.6 Å². The van der Waals surface area contributed by atoms with Gasteiger partial charge in [-0.05, 0) is 25.1 Å². The van der Waals surface area contributed by atoms with Gasteiger partial charge in [-0.25, -0.2) is 9.97 Å². The van der Waals surface area contributed by atoms with Gasteiger partial charge in [-0.1, -0.05) is 18.2 Å². The molecule has 120 valence electrons. The first-order chi connectivity index (χ1) is 11.7. The number of pyridine rings is 1. The molecule has 0 aliphatic carbocycles. The van der Waals surface area contributed by atoms with Gasteiger partial charge in [0.25, 0.3) is 5.91 Å². The average molecular weight is 320 g/mol. The van der Waals surface area contributed by atoms with Crippen LogP contribution in [0.25, 0.3) is 11.3 Å². The van der Waals surface area contributed by atoms with Gasteiger partial charge in [0.05, 0.1) is 24.7 Å². The van der Waals surface area contributed by atoms with Gasteiger partial charge in [0.2, 0.25) is 5.88 Å². The second-order valence-electron chi connectivity index (χ2n) is 5.10. The lowest BCUT2D eigenvalue weighted by Crippen LogP contribution is -2.16. The van der Waals surface area contributed by atoms with Crippen LogP contribution < -0.4 is 10.1 Å². The van der Waals surface area contributed by atoms with E-state index >= 15 is 0 Å². The summed E-state index contributed by atoms with van der Waals surface area (Å²) < 4.78 is 5.12. The molecule has 24 heavy (non-hydrogen) atoms. The molecule has 3 rings (SSSR count). The fraction of sp³-hybridized carbons (Fsp3) is 0.111. The first kappa shape index (κ1) is 15.6. The van der Waals surface area contributed by atoms with Crippen molar-refractivity contribution >= 4 is 11.6 Å². The summed E-state index contributed by atoms with van der Waals surface area (Å²) in [6, 6.07) is 12.8. The summed E-state index contributed by atoms with van der Waals surface area (Å²) in [5.74, 6) is 0.180. The monoisotopic (exact) mass is 320 g/mol. The molecule has 1 N–H and O–H groups in total. The molecule has 0 saturated carbocycles. The van der Waals surface area contributed by atoms with E-state index in [1.807, 2.05) is 30.3 Å². The molecule has 1 amide bonds. The van der Waals surface area contributed by atoms with E-state index in [9.17, 15) is 4.79 Å². The number of anilines is 1. The first-order valence-electron chi connectivity index (χ1n) is 7.38. The lowest BCUT2D eigenvalue weighted by molar-refractivity contribution is 0.102. The Bertz CT molecular complexity index is 866. The minimum Gasteiger partial charge on any atom is -0.481 e. The van der Waals surface area contributed by atoms with Crippen LogP contribution >= 0.6 is 0 Å². The number of nitrogens with zero attached hydrogens (tertiary/aromatic N) is 3. The fourth-order valence-electron chi connectivity index (χ4n) is 2.20. The second kappa shape index (κ2) is 6.87. The third kappa shape index (κ3) is 3.38. The van der Waals surface area contributed by atoms with Crippen LogP contribution in [0, 0.1) is 6.92 Å². The number of carbonyl (C=O) groups is 1. The van der Waals surface area contributed by atoms with Crippen molar-refractivity contribution in [1.29, 1.82) is 0 Å². The standard InChI is InChI=1S/C18H16N4O2/c1-12-17(18(23)21-14-6-4-3-5-7-14)22-15(11-20-12)13-8-9-19-16(10-13)24-2/h3-11H,1-2H3,(H,21,23). The number of ether oxygens (including phenoxy) is 1. The van der Waals surface area contributed by atoms with E-state index in [0.29, 0.717) is 23.0 Å². The zero-order valence-electron chi connectivity index (χ0n) is 13.4. The number of hydrogen-bond donors (Lipinski definition) is 1. The molecule has 0 aliphatic rings. The number of aryl methyl sites for hydroxylation is 1. The van der Waals surface area contributed by atoms with Crippen molar-refractivity contribution < 1.29 is 9.53 Å². The minimum absolute atomic E-state index is 0.284. The Balaban J connectivity index is 1.92. The zero-order valence-corrected chi connectivity index (χ0v) is 13.4. The molecule has 6 heteroatoms. The van der Waals surface area contributed by atoms with Crippen molar-refractivity contribution in [2.75, 3.05) is 12.4 Å². The normalized spacial score (nSPS) is 10.2. The van der Waals surface area contributed by atoms with Gasteiger partial charge >= 0.3 is 0 Å². The summed E-state index contributed by atoms with van der Waals surface area (Å²) >= 11 is 0. The van der Waals surface area contributed by atoms with Crippen LogP contribution in [-0.2, 0) is 0 Å². The molecule has 0 bridgehead atoms. The highest BCUT2D eigenvalue weighted by Crippen LogP contribution is 2.21. The molecule has 1 aromatic carbocycles. The highest BCUT2D eigenvalue weighted by Gasteiger charge is 2.14. The molecule has 0 saturated heterocycles. The molecule has 6 nitrogen and oxygen atoms in total. The van der Waals surface area contributed by atoms with Crippen LogP contribution in [-0.4, -0.2) is 28.0 Å². The van der Waals surface area contributed by atoms with Crippen LogP contribution in [0.2, 0.25) is 0 Å². The van der Waals surface area contributed by atoms with E-state index in [0.717, 1.165) is 5.56 Å². The summed E-state index contributed by atoms with van der Waals surface area (Å²) in [7, 11) is 1.55. The summed E-state index contributed by atoms with van der Waals surface area (Å²) in [4.78, 5) is 25.3. The lowest BCUT2D eigenvalue weighted by atomic mass is 10.2. The minimum atomic E-state index is -0.297. The van der Waals surface area contributed by atoms with E-state index < -0.39 is 0 Å². The number of rotatable bonds is 4. The first-order valence-corrected chi connectivity index (χ1v) is 7.38. The van der Waals surface area contributed by atoms with E-state index in [1.165, 1.54) is 0 Å². The highest BCUT2D eigenvalue weighted by atomic mass is 16.5. The Hall–Kier alpha value is -3.28. The molecule has 0 radical (unpaired) electrons. The SMILES string of the molecule is COc1cc(-c2cnc(C)c(C(=O)Nc3ccccc3)n2)ccn1. The highest BCUT2D eigenvalue weighted by molar-refractivity contribution is 6.03. The lowest BCUT2D eigenvalue weighted by Gasteiger charge is -2.09. The van der Waals surface area contributed by atoms with Crippen LogP contribution in [0.4, 0.5) is 5.69 Å². The Labute approximate surface area is 139 Å². The number of nitrogens with one attached hydrogen (secondary N) is 1. The van der Waals surface area contributed by atoms with Crippen molar-refractivity contribution in [3.8, 4) is 17.1 Å². The molecule has 0 fully saturated rings. The number of amides is 1. The van der Waals surface area contributed by atoms with Crippen LogP contribution in [0.3, 0.4) is 0 Å². The van der Waals surface area contributed by atoms with Crippen molar-refractivity contribution in [1.82, 2.24) is 15.0 Å². The van der Waals surface area contributed by atoms with Gasteiger partial charge in [0.15, 0.2) is 0 Å². The Morgan fingerprint density at radius 2 is 1.92 bits per heavy atom. The number of hydrogen-bond acceptors (Lipinski definition) is 5. The summed E-state index contributed by atoms with van der Waals surface area (Å²) in [6.07, 6.45) is 3.25. The number of benzene rings is 1.